The van der Waals surface area contributed by atoms with Crippen molar-refractivity contribution in [3.05, 3.63) is 41.4 Å². The second-order valence-corrected chi connectivity index (χ2v) is 8.60. The summed E-state index contributed by atoms with van der Waals surface area (Å²) in [6.45, 7) is 10.4. The molecule has 2 saturated heterocycles. The number of hydrogen-bond acceptors (Lipinski definition) is 3. The van der Waals surface area contributed by atoms with Gasteiger partial charge in [0.05, 0.1) is 0 Å². The van der Waals surface area contributed by atoms with Gasteiger partial charge in [-0.15, -0.1) is 0 Å². The van der Waals surface area contributed by atoms with E-state index in [1.54, 1.807) is 11.0 Å². The van der Waals surface area contributed by atoms with Crippen molar-refractivity contribution in [1.82, 2.24) is 10.2 Å². The highest BCUT2D eigenvalue weighted by Crippen LogP contribution is 2.37. The maximum Gasteiger partial charge on any atom is 0.255 e. The molecule has 6 heteroatoms. The van der Waals surface area contributed by atoms with E-state index in [-0.39, 0.29) is 11.8 Å². The minimum Gasteiger partial charge on any atom is -0.371 e. The standard InChI is InChI=1S/C22H28FN3O2/c1-13(2)15-6-8-25(9-7-15)20-11-16(23)10-17-18(20)12-26(22(17)28)19-5-4-14(3)24-21(19)27/h10-11,13,15,19H,3-9,12H2,1-2H3,(H,24,27). The molecule has 1 atom stereocenters. The molecule has 3 aliphatic rings. The highest BCUT2D eigenvalue weighted by molar-refractivity contribution is 6.03. The predicted molar refractivity (Wildman–Crippen MR) is 106 cm³/mol. The lowest BCUT2D eigenvalue weighted by atomic mass is 9.86. The Morgan fingerprint density at radius 2 is 1.89 bits per heavy atom. The molecule has 3 heterocycles. The molecular weight excluding hydrogens is 357 g/mol. The zero-order valence-electron chi connectivity index (χ0n) is 16.6. The number of benzene rings is 1. The minimum absolute atomic E-state index is 0.197. The Bertz CT molecular complexity index is 827. The number of halogens is 1. The molecule has 1 aromatic rings. The number of nitrogens with zero attached hydrogens (tertiary/aromatic N) is 2. The summed E-state index contributed by atoms with van der Waals surface area (Å²) < 4.78 is 14.4. The Balaban J connectivity index is 1.59. The molecule has 1 N–H and O–H groups in total. The van der Waals surface area contributed by atoms with Crippen LogP contribution in [0.3, 0.4) is 0 Å². The van der Waals surface area contributed by atoms with Gasteiger partial charge in [-0.25, -0.2) is 4.39 Å². The molecule has 0 aliphatic carbocycles. The molecule has 1 unspecified atom stereocenters. The van der Waals surface area contributed by atoms with Gasteiger partial charge in [-0.3, -0.25) is 9.59 Å². The molecule has 5 nitrogen and oxygen atoms in total. The zero-order valence-corrected chi connectivity index (χ0v) is 16.6. The lowest BCUT2D eigenvalue weighted by Gasteiger charge is -2.36. The summed E-state index contributed by atoms with van der Waals surface area (Å²) >= 11 is 0. The van der Waals surface area contributed by atoms with Crippen LogP contribution in [0.15, 0.2) is 24.4 Å². The number of amides is 2. The van der Waals surface area contributed by atoms with Gasteiger partial charge in [0.15, 0.2) is 0 Å². The Hall–Kier alpha value is -2.37. The molecule has 0 aromatic heterocycles. The lowest BCUT2D eigenvalue weighted by Crippen LogP contribution is -2.49. The number of nitrogens with one attached hydrogen (secondary N) is 1. The van der Waals surface area contributed by atoms with Crippen LogP contribution < -0.4 is 10.2 Å². The fourth-order valence-electron chi connectivity index (χ4n) is 4.78. The van der Waals surface area contributed by atoms with Crippen molar-refractivity contribution >= 4 is 17.5 Å². The first-order valence-corrected chi connectivity index (χ1v) is 10.2. The maximum atomic E-state index is 14.4. The molecule has 28 heavy (non-hydrogen) atoms. The molecular formula is C22H28FN3O2. The highest BCUT2D eigenvalue weighted by atomic mass is 19.1. The van der Waals surface area contributed by atoms with Gasteiger partial charge >= 0.3 is 0 Å². The smallest absolute Gasteiger partial charge is 0.255 e. The average molecular weight is 385 g/mol. The number of carbonyl (C=O) groups excluding carboxylic acids is 2. The average Bonchev–Trinajstić information content (AvgIpc) is 2.98. The van der Waals surface area contributed by atoms with Gasteiger partial charge in [-0.05, 0) is 49.7 Å². The predicted octanol–water partition coefficient (Wildman–Crippen LogP) is 3.45. The Kier molecular flexibility index (Phi) is 4.89. The normalized spacial score (nSPS) is 23.4. The molecule has 2 fully saturated rings. The number of carbonyl (C=O) groups is 2. The third kappa shape index (κ3) is 3.29. The summed E-state index contributed by atoms with van der Waals surface area (Å²) in [6, 6.07) is 2.35. The Morgan fingerprint density at radius 3 is 2.54 bits per heavy atom. The van der Waals surface area contributed by atoms with Crippen LogP contribution in [-0.4, -0.2) is 35.8 Å². The first kappa shape index (κ1) is 19.0. The van der Waals surface area contributed by atoms with Gasteiger partial charge in [0.2, 0.25) is 5.91 Å². The Morgan fingerprint density at radius 1 is 1.18 bits per heavy atom. The van der Waals surface area contributed by atoms with Crippen molar-refractivity contribution in [3.8, 4) is 0 Å². The van der Waals surface area contributed by atoms with Gasteiger partial charge in [-0.2, -0.15) is 0 Å². The topological polar surface area (TPSA) is 52.7 Å². The molecule has 3 aliphatic heterocycles. The van der Waals surface area contributed by atoms with Crippen LogP contribution >= 0.6 is 0 Å². The van der Waals surface area contributed by atoms with Gasteiger partial charge in [0.1, 0.15) is 11.9 Å². The second kappa shape index (κ2) is 7.22. The Labute approximate surface area is 165 Å². The third-order valence-corrected chi connectivity index (χ3v) is 6.53. The van der Waals surface area contributed by atoms with Crippen molar-refractivity contribution in [1.29, 1.82) is 0 Å². The number of hydrogen-bond donors (Lipinski definition) is 1. The van der Waals surface area contributed by atoms with Crippen LogP contribution in [0.4, 0.5) is 10.1 Å². The van der Waals surface area contributed by atoms with Crippen molar-refractivity contribution in [2.45, 2.75) is 52.1 Å². The number of rotatable bonds is 3. The molecule has 2 amide bonds. The van der Waals surface area contributed by atoms with Gasteiger partial charge < -0.3 is 15.1 Å². The fraction of sp³-hybridized carbons (Fsp3) is 0.545. The van der Waals surface area contributed by atoms with Gasteiger partial charge in [0.25, 0.3) is 5.91 Å². The summed E-state index contributed by atoms with van der Waals surface area (Å²) in [7, 11) is 0. The molecule has 0 radical (unpaired) electrons. The van der Waals surface area contributed by atoms with E-state index < -0.39 is 11.9 Å². The van der Waals surface area contributed by atoms with Crippen LogP contribution in [0.5, 0.6) is 0 Å². The van der Waals surface area contributed by atoms with Crippen LogP contribution in [0.1, 0.15) is 55.5 Å². The summed E-state index contributed by atoms with van der Waals surface area (Å²) in [5.41, 5.74) is 2.75. The minimum atomic E-state index is -0.520. The summed E-state index contributed by atoms with van der Waals surface area (Å²) in [5.74, 6) is 0.501. The number of anilines is 1. The molecule has 1 aromatic carbocycles. The quantitative estimate of drug-likeness (QED) is 0.867. The van der Waals surface area contributed by atoms with Crippen LogP contribution in [0, 0.1) is 17.7 Å². The van der Waals surface area contributed by atoms with Gasteiger partial charge in [-0.1, -0.05) is 20.4 Å². The number of allylic oxidation sites excluding steroid dienone is 1. The third-order valence-electron chi connectivity index (χ3n) is 6.53. The van der Waals surface area contributed by atoms with E-state index in [0.29, 0.717) is 42.5 Å². The van der Waals surface area contributed by atoms with Crippen molar-refractivity contribution in [2.24, 2.45) is 11.8 Å². The highest BCUT2D eigenvalue weighted by Gasteiger charge is 2.40. The maximum absolute atomic E-state index is 14.4. The van der Waals surface area contributed by atoms with E-state index in [1.165, 1.54) is 6.07 Å². The first-order valence-electron chi connectivity index (χ1n) is 10.2. The van der Waals surface area contributed by atoms with Crippen molar-refractivity contribution in [3.63, 3.8) is 0 Å². The summed E-state index contributed by atoms with van der Waals surface area (Å²) in [6.07, 6.45) is 3.37. The molecule has 150 valence electrons. The van der Waals surface area contributed by atoms with Crippen LogP contribution in [0.25, 0.3) is 0 Å². The fourth-order valence-corrected chi connectivity index (χ4v) is 4.78. The van der Waals surface area contributed by atoms with Crippen molar-refractivity contribution < 1.29 is 14.0 Å². The largest absolute Gasteiger partial charge is 0.371 e. The van der Waals surface area contributed by atoms with E-state index in [2.05, 4.69) is 30.6 Å². The first-order chi connectivity index (χ1) is 13.3. The van der Waals surface area contributed by atoms with E-state index in [4.69, 9.17) is 0 Å². The molecule has 0 spiro atoms. The van der Waals surface area contributed by atoms with Crippen molar-refractivity contribution in [2.75, 3.05) is 18.0 Å². The van der Waals surface area contributed by atoms with Crippen LogP contribution in [0.2, 0.25) is 0 Å². The summed E-state index contributed by atoms with van der Waals surface area (Å²) in [5, 5.41) is 2.75. The zero-order chi connectivity index (χ0) is 20.0. The monoisotopic (exact) mass is 385 g/mol. The molecule has 0 bridgehead atoms. The van der Waals surface area contributed by atoms with E-state index in [9.17, 15) is 14.0 Å². The summed E-state index contributed by atoms with van der Waals surface area (Å²) in [4.78, 5) is 29.2. The second-order valence-electron chi connectivity index (χ2n) is 8.60. The van der Waals surface area contributed by atoms with E-state index in [0.717, 1.165) is 37.2 Å². The van der Waals surface area contributed by atoms with Gasteiger partial charge in [0, 0.05) is 42.1 Å². The SMILES string of the molecule is C=C1CCC(N2Cc3c(cc(F)cc3N3CCC(C(C)C)CC3)C2=O)C(=O)N1. The van der Waals surface area contributed by atoms with E-state index >= 15 is 0 Å². The molecule has 0 saturated carbocycles. The van der Waals surface area contributed by atoms with E-state index in [1.807, 2.05) is 0 Å². The van der Waals surface area contributed by atoms with Crippen LogP contribution in [-0.2, 0) is 11.3 Å². The molecule has 4 rings (SSSR count). The lowest BCUT2D eigenvalue weighted by molar-refractivity contribution is -0.126. The number of piperidine rings is 2. The number of fused-ring (bicyclic) bond motifs is 1.